The Bertz CT molecular complexity index is 1060. The van der Waals surface area contributed by atoms with E-state index in [2.05, 4.69) is 21.7 Å². The molecule has 2 aliphatic carbocycles. The van der Waals surface area contributed by atoms with E-state index >= 15 is 0 Å². The first-order valence-electron chi connectivity index (χ1n) is 9.72. The smallest absolute Gasteiger partial charge is 0.305 e. The van der Waals surface area contributed by atoms with Gasteiger partial charge in [-0.3, -0.25) is 9.67 Å². The van der Waals surface area contributed by atoms with E-state index in [9.17, 15) is 9.00 Å². The molecule has 2 aromatic heterocycles. The molecule has 0 aromatic carbocycles. The third-order valence-electron chi connectivity index (χ3n) is 5.51. The molecule has 9 heteroatoms. The molecule has 2 aromatic rings. The molecule has 4 rings (SSSR count). The number of rotatable bonds is 3. The van der Waals surface area contributed by atoms with Crippen LogP contribution in [0.4, 0.5) is 10.5 Å². The molecule has 2 heterocycles. The molecule has 0 bridgehead atoms. The Morgan fingerprint density at radius 1 is 1.36 bits per heavy atom. The Labute approximate surface area is 165 Å². The lowest BCUT2D eigenvalue weighted by Gasteiger charge is -2.15. The molecule has 0 saturated heterocycles. The average Bonchev–Trinajstić information content (AvgIpc) is 3.34. The van der Waals surface area contributed by atoms with Crippen molar-refractivity contribution in [3.8, 4) is 0 Å². The van der Waals surface area contributed by atoms with Crippen molar-refractivity contribution >= 4 is 21.6 Å². The number of anilines is 1. The zero-order valence-electron chi connectivity index (χ0n) is 16.4. The summed E-state index contributed by atoms with van der Waals surface area (Å²) in [6.45, 7) is 6.06. The van der Waals surface area contributed by atoms with Crippen molar-refractivity contribution in [1.29, 1.82) is 0 Å². The summed E-state index contributed by atoms with van der Waals surface area (Å²) in [6.07, 6.45) is 6.42. The Kier molecular flexibility index (Phi) is 4.75. The molecule has 8 nitrogen and oxygen atoms in total. The van der Waals surface area contributed by atoms with E-state index < -0.39 is 15.9 Å². The molecule has 0 fully saturated rings. The van der Waals surface area contributed by atoms with Gasteiger partial charge < -0.3 is 5.32 Å². The van der Waals surface area contributed by atoms with Gasteiger partial charge in [-0.2, -0.15) is 5.10 Å². The number of urea groups is 1. The predicted octanol–water partition coefficient (Wildman–Crippen LogP) is 3.33. The number of nitrogens with zero attached hydrogens (tertiary/aromatic N) is 4. The number of hydrogen-bond donors (Lipinski definition) is 2. The van der Waals surface area contributed by atoms with Gasteiger partial charge in [-0.05, 0) is 69.1 Å². The van der Waals surface area contributed by atoms with Crippen LogP contribution in [0.25, 0.3) is 0 Å². The number of aryl methyl sites for hydroxylation is 1. The van der Waals surface area contributed by atoms with Gasteiger partial charge in [-0.25, -0.2) is 14.1 Å². The number of pyridine rings is 1. The van der Waals surface area contributed by atoms with Gasteiger partial charge in [0.15, 0.2) is 14.9 Å². The monoisotopic (exact) mass is 402 g/mol. The van der Waals surface area contributed by atoms with Crippen LogP contribution in [-0.4, -0.2) is 25.0 Å². The minimum atomic E-state index is -3.42. The van der Waals surface area contributed by atoms with Crippen LogP contribution >= 0.6 is 0 Å². The third-order valence-corrected chi connectivity index (χ3v) is 6.77. The first kappa shape index (κ1) is 19.1. The zero-order chi connectivity index (χ0) is 20.1. The van der Waals surface area contributed by atoms with E-state index in [1.807, 2.05) is 13.8 Å². The second-order valence-corrected chi connectivity index (χ2v) is 9.63. The molecule has 2 amide bonds. The minimum absolute atomic E-state index is 0.0989. The van der Waals surface area contributed by atoms with Crippen molar-refractivity contribution in [2.24, 2.45) is 9.50 Å². The molecule has 150 valence electrons. The van der Waals surface area contributed by atoms with E-state index in [0.29, 0.717) is 5.92 Å². The SMILES string of the molecule is CC(C)n1ccc(S(N)(=O)=NC(=O)Nc2c3c(nc4c2CC[C@H]4C)CCC3)n1. The third kappa shape index (κ3) is 3.33. The molecule has 28 heavy (non-hydrogen) atoms. The molecular weight excluding hydrogens is 376 g/mol. The largest absolute Gasteiger partial charge is 0.354 e. The summed E-state index contributed by atoms with van der Waals surface area (Å²) in [6, 6.07) is 0.943. The topological polar surface area (TPSA) is 115 Å². The maximum atomic E-state index is 12.8. The van der Waals surface area contributed by atoms with Crippen LogP contribution in [0.15, 0.2) is 21.7 Å². The second kappa shape index (κ2) is 6.97. The highest BCUT2D eigenvalue weighted by Gasteiger charge is 2.30. The van der Waals surface area contributed by atoms with Gasteiger partial charge in [-0.1, -0.05) is 6.92 Å². The van der Waals surface area contributed by atoms with E-state index in [-0.39, 0.29) is 11.1 Å². The van der Waals surface area contributed by atoms with Crippen molar-refractivity contribution < 1.29 is 9.00 Å². The van der Waals surface area contributed by atoms with E-state index in [1.165, 1.54) is 0 Å². The normalized spacial score (nSPS) is 20.0. The van der Waals surface area contributed by atoms with Crippen LogP contribution in [0.5, 0.6) is 0 Å². The summed E-state index contributed by atoms with van der Waals surface area (Å²) < 4.78 is 18.2. The van der Waals surface area contributed by atoms with Gasteiger partial charge in [0, 0.05) is 23.6 Å². The lowest BCUT2D eigenvalue weighted by molar-refractivity contribution is 0.260. The number of aromatic nitrogens is 3. The molecule has 0 spiro atoms. The number of amides is 2. The first-order valence-corrected chi connectivity index (χ1v) is 11.3. The van der Waals surface area contributed by atoms with Crippen LogP contribution < -0.4 is 10.5 Å². The Balaban J connectivity index is 1.67. The van der Waals surface area contributed by atoms with Crippen LogP contribution in [0.1, 0.15) is 68.1 Å². The molecule has 1 unspecified atom stereocenters. The van der Waals surface area contributed by atoms with Crippen molar-refractivity contribution in [2.45, 2.75) is 69.9 Å². The lowest BCUT2D eigenvalue weighted by atomic mass is 10.0. The quantitative estimate of drug-likeness (QED) is 0.819. The molecule has 2 atom stereocenters. The lowest BCUT2D eigenvalue weighted by Crippen LogP contribution is -2.20. The fourth-order valence-corrected chi connectivity index (χ4v) is 4.87. The summed E-state index contributed by atoms with van der Waals surface area (Å²) in [5, 5.41) is 13.1. The van der Waals surface area contributed by atoms with E-state index in [4.69, 9.17) is 10.1 Å². The molecule has 0 radical (unpaired) electrons. The Morgan fingerprint density at radius 2 is 2.14 bits per heavy atom. The summed E-state index contributed by atoms with van der Waals surface area (Å²) in [4.78, 5) is 17.5. The average molecular weight is 403 g/mol. The Morgan fingerprint density at radius 3 is 2.86 bits per heavy atom. The molecule has 3 N–H and O–H groups in total. The number of nitrogens with one attached hydrogen (secondary N) is 1. The van der Waals surface area contributed by atoms with Gasteiger partial charge in [0.25, 0.3) is 0 Å². The fraction of sp³-hybridized carbons (Fsp3) is 0.526. The van der Waals surface area contributed by atoms with Crippen molar-refractivity contribution in [1.82, 2.24) is 14.8 Å². The van der Waals surface area contributed by atoms with Gasteiger partial charge in [0.1, 0.15) is 0 Å². The predicted molar refractivity (Wildman–Crippen MR) is 108 cm³/mol. The van der Waals surface area contributed by atoms with Gasteiger partial charge in [0.05, 0.1) is 5.69 Å². The number of carbonyl (C=O) groups excluding carboxylic acids is 1. The van der Waals surface area contributed by atoms with Gasteiger partial charge in [0.2, 0.25) is 0 Å². The standard InChI is InChI=1S/C19H26N6O2S/c1-11(2)25-10-9-16(23-25)28(20,27)24-19(26)22-18-13-5-4-6-15(13)21-17-12(3)7-8-14(17)18/h9-12H,4-8H2,1-3H3,(H3,20,21,22,24,26,27)/t12-,28?/m1/s1. The summed E-state index contributed by atoms with van der Waals surface area (Å²) >= 11 is 0. The van der Waals surface area contributed by atoms with Gasteiger partial charge in [-0.15, -0.1) is 4.36 Å². The zero-order valence-corrected chi connectivity index (χ0v) is 17.3. The van der Waals surface area contributed by atoms with Crippen molar-refractivity contribution in [2.75, 3.05) is 5.32 Å². The minimum Gasteiger partial charge on any atom is -0.305 e. The summed E-state index contributed by atoms with van der Waals surface area (Å²) in [7, 11) is -3.42. The first-order chi connectivity index (χ1) is 13.3. The van der Waals surface area contributed by atoms with Crippen LogP contribution in [0.3, 0.4) is 0 Å². The number of hydrogen-bond acceptors (Lipinski definition) is 4. The maximum Gasteiger partial charge on any atom is 0.354 e. The molecular formula is C19H26N6O2S. The van der Waals surface area contributed by atoms with Crippen LogP contribution in [0, 0.1) is 0 Å². The number of fused-ring (bicyclic) bond motifs is 2. The fourth-order valence-electron chi connectivity index (χ4n) is 4.02. The maximum absolute atomic E-state index is 12.8. The second-order valence-electron chi connectivity index (χ2n) is 7.89. The molecule has 2 aliphatic rings. The molecule has 0 aliphatic heterocycles. The van der Waals surface area contributed by atoms with Crippen molar-refractivity contribution in [3.05, 3.63) is 34.8 Å². The molecule has 0 saturated carbocycles. The van der Waals surface area contributed by atoms with E-state index in [1.54, 1.807) is 16.9 Å². The van der Waals surface area contributed by atoms with Gasteiger partial charge >= 0.3 is 6.03 Å². The van der Waals surface area contributed by atoms with Crippen LogP contribution in [-0.2, 0) is 29.2 Å². The van der Waals surface area contributed by atoms with E-state index in [0.717, 1.165) is 60.3 Å². The van der Waals surface area contributed by atoms with Crippen molar-refractivity contribution in [3.63, 3.8) is 0 Å². The number of carbonyl (C=O) groups is 1. The number of nitrogens with two attached hydrogens (primary N) is 1. The van der Waals surface area contributed by atoms with Crippen LogP contribution in [0.2, 0.25) is 0 Å². The summed E-state index contributed by atoms with van der Waals surface area (Å²) in [5.41, 5.74) is 5.11. The highest BCUT2D eigenvalue weighted by Crippen LogP contribution is 2.41. The Hall–Kier alpha value is -2.26. The highest BCUT2D eigenvalue weighted by molar-refractivity contribution is 7.91. The summed E-state index contributed by atoms with van der Waals surface area (Å²) in [5.74, 6) is 0.382. The highest BCUT2D eigenvalue weighted by atomic mass is 32.2.